The number of esters is 1. The van der Waals surface area contributed by atoms with Gasteiger partial charge >= 0.3 is 5.97 Å². The van der Waals surface area contributed by atoms with Crippen LogP contribution in [0.5, 0.6) is 0 Å². The third-order valence-corrected chi connectivity index (χ3v) is 5.62. The molecule has 0 heterocycles. The highest BCUT2D eigenvalue weighted by atomic mass is 32.2. The van der Waals surface area contributed by atoms with Crippen LogP contribution in [0.1, 0.15) is 26.3 Å². The quantitative estimate of drug-likeness (QED) is 0.462. The molecule has 8 heteroatoms. The molecule has 0 N–H and O–H groups in total. The van der Waals surface area contributed by atoms with Gasteiger partial charge < -0.3 is 14.2 Å². The van der Waals surface area contributed by atoms with Crippen LogP contribution in [0.3, 0.4) is 0 Å². The average Bonchev–Trinajstić information content (AvgIpc) is 2.59. The standard InChI is InChI=1S/C17H27NO6S/c1-13(2)14(3)17(19)24-10-15-6-8-16(9-7-15)25(20,21)18(11-22-4)12-23-5/h6-9,13-14H,10-12H2,1-5H3/t14-/m0/s1. The maximum Gasteiger partial charge on any atom is 0.309 e. The molecule has 0 aliphatic carbocycles. The monoisotopic (exact) mass is 373 g/mol. The van der Waals surface area contributed by atoms with Gasteiger partial charge in [-0.3, -0.25) is 4.79 Å². The van der Waals surface area contributed by atoms with Crippen molar-refractivity contribution in [2.24, 2.45) is 11.8 Å². The first-order valence-electron chi connectivity index (χ1n) is 7.97. The van der Waals surface area contributed by atoms with E-state index in [-0.39, 0.29) is 42.8 Å². The fourth-order valence-corrected chi connectivity index (χ4v) is 3.20. The van der Waals surface area contributed by atoms with Crippen molar-refractivity contribution in [2.75, 3.05) is 27.7 Å². The molecule has 0 unspecified atom stereocenters. The molecule has 0 saturated carbocycles. The minimum Gasteiger partial charge on any atom is -0.461 e. The molecule has 1 atom stereocenters. The van der Waals surface area contributed by atoms with Crippen LogP contribution < -0.4 is 0 Å². The Morgan fingerprint density at radius 2 is 1.56 bits per heavy atom. The van der Waals surface area contributed by atoms with Gasteiger partial charge in [-0.1, -0.05) is 32.9 Å². The van der Waals surface area contributed by atoms with E-state index in [1.165, 1.54) is 26.4 Å². The van der Waals surface area contributed by atoms with Crippen LogP contribution in [0.15, 0.2) is 29.2 Å². The summed E-state index contributed by atoms with van der Waals surface area (Å²) in [4.78, 5) is 12.0. The fraction of sp³-hybridized carbons (Fsp3) is 0.588. The van der Waals surface area contributed by atoms with Crippen LogP contribution in [0.25, 0.3) is 0 Å². The van der Waals surface area contributed by atoms with Gasteiger partial charge in [0.05, 0.1) is 10.8 Å². The van der Waals surface area contributed by atoms with Gasteiger partial charge in [-0.25, -0.2) is 8.42 Å². The molecule has 142 valence electrons. The van der Waals surface area contributed by atoms with Crippen molar-refractivity contribution < 1.29 is 27.4 Å². The lowest BCUT2D eigenvalue weighted by molar-refractivity contribution is -0.150. The minimum atomic E-state index is -3.72. The highest BCUT2D eigenvalue weighted by Gasteiger charge is 2.24. The van der Waals surface area contributed by atoms with Crippen molar-refractivity contribution in [3.63, 3.8) is 0 Å². The van der Waals surface area contributed by atoms with Crippen LogP contribution in [0, 0.1) is 11.8 Å². The molecule has 0 spiro atoms. The third kappa shape index (κ3) is 6.07. The van der Waals surface area contributed by atoms with Crippen molar-refractivity contribution in [3.8, 4) is 0 Å². The van der Waals surface area contributed by atoms with Crippen molar-refractivity contribution in [3.05, 3.63) is 29.8 Å². The summed E-state index contributed by atoms with van der Waals surface area (Å²) in [5.41, 5.74) is 0.716. The number of hydrogen-bond acceptors (Lipinski definition) is 6. The fourth-order valence-electron chi connectivity index (χ4n) is 1.93. The molecule has 0 fully saturated rings. The van der Waals surface area contributed by atoms with Gasteiger partial charge in [-0.05, 0) is 23.6 Å². The van der Waals surface area contributed by atoms with E-state index in [1.54, 1.807) is 12.1 Å². The maximum atomic E-state index is 12.5. The highest BCUT2D eigenvalue weighted by Crippen LogP contribution is 2.18. The van der Waals surface area contributed by atoms with Crippen LogP contribution in [0.2, 0.25) is 0 Å². The zero-order valence-corrected chi connectivity index (χ0v) is 16.2. The molecule has 0 radical (unpaired) electrons. The molecule has 25 heavy (non-hydrogen) atoms. The summed E-state index contributed by atoms with van der Waals surface area (Å²) in [6.45, 7) is 5.62. The molecule has 0 aliphatic rings. The lowest BCUT2D eigenvalue weighted by Crippen LogP contribution is -2.34. The molecule has 1 rings (SSSR count). The summed E-state index contributed by atoms with van der Waals surface area (Å²) < 4.78 is 41.2. The lowest BCUT2D eigenvalue weighted by atomic mass is 9.99. The molecular formula is C17H27NO6S. The zero-order chi connectivity index (χ0) is 19.0. The largest absolute Gasteiger partial charge is 0.461 e. The number of hydrogen-bond donors (Lipinski definition) is 0. The van der Waals surface area contributed by atoms with Crippen molar-refractivity contribution in [1.82, 2.24) is 4.31 Å². The number of benzene rings is 1. The van der Waals surface area contributed by atoms with E-state index >= 15 is 0 Å². The Morgan fingerprint density at radius 1 is 1.04 bits per heavy atom. The predicted molar refractivity (Wildman–Crippen MR) is 93.0 cm³/mol. The van der Waals surface area contributed by atoms with Crippen LogP contribution >= 0.6 is 0 Å². The summed E-state index contributed by atoms with van der Waals surface area (Å²) in [6, 6.07) is 6.20. The summed E-state index contributed by atoms with van der Waals surface area (Å²) in [5, 5.41) is 0. The summed E-state index contributed by atoms with van der Waals surface area (Å²) in [6.07, 6.45) is 0. The van der Waals surface area contributed by atoms with Crippen molar-refractivity contribution in [2.45, 2.75) is 32.3 Å². The number of nitrogens with zero attached hydrogens (tertiary/aromatic N) is 1. The smallest absolute Gasteiger partial charge is 0.309 e. The Labute approximate surface area is 149 Å². The number of carbonyl (C=O) groups excluding carboxylic acids is 1. The summed E-state index contributed by atoms with van der Waals surface area (Å²) in [7, 11) is -0.902. The van der Waals surface area contributed by atoms with Gasteiger partial charge in [0, 0.05) is 14.2 Å². The Morgan fingerprint density at radius 3 is 2.00 bits per heavy atom. The molecule has 0 aromatic heterocycles. The first-order valence-corrected chi connectivity index (χ1v) is 9.41. The Bertz CT molecular complexity index is 636. The van der Waals surface area contributed by atoms with Crippen LogP contribution in [-0.4, -0.2) is 46.4 Å². The van der Waals surface area contributed by atoms with Crippen molar-refractivity contribution >= 4 is 16.0 Å². The van der Waals surface area contributed by atoms with Gasteiger partial charge in [0.2, 0.25) is 10.0 Å². The number of ether oxygens (including phenoxy) is 3. The topological polar surface area (TPSA) is 82.1 Å². The SMILES string of the molecule is COCN(COC)S(=O)(=O)c1ccc(COC(=O)[C@@H](C)C(C)C)cc1. The van der Waals surface area contributed by atoms with Gasteiger partial charge in [-0.2, -0.15) is 0 Å². The number of carbonyl (C=O) groups is 1. The lowest BCUT2D eigenvalue weighted by Gasteiger charge is -2.20. The van der Waals surface area contributed by atoms with E-state index < -0.39 is 10.0 Å². The van der Waals surface area contributed by atoms with E-state index in [2.05, 4.69) is 0 Å². The molecule has 0 aliphatic heterocycles. The van der Waals surface area contributed by atoms with Gasteiger partial charge in [0.15, 0.2) is 0 Å². The first-order chi connectivity index (χ1) is 11.7. The Hall–Kier alpha value is -1.48. The molecule has 0 amide bonds. The molecular weight excluding hydrogens is 346 g/mol. The predicted octanol–water partition coefficient (Wildman–Crippen LogP) is 2.22. The van der Waals surface area contributed by atoms with Crippen LogP contribution in [-0.2, 0) is 35.6 Å². The second kappa shape index (κ2) is 9.86. The average molecular weight is 373 g/mol. The maximum absolute atomic E-state index is 12.5. The van der Waals surface area contributed by atoms with E-state index in [1.807, 2.05) is 20.8 Å². The first kappa shape index (κ1) is 21.6. The number of methoxy groups -OCH3 is 2. The molecule has 1 aromatic carbocycles. The number of sulfonamides is 1. The number of rotatable bonds is 10. The van der Waals surface area contributed by atoms with Crippen molar-refractivity contribution in [1.29, 1.82) is 0 Å². The van der Waals surface area contributed by atoms with Gasteiger partial charge in [0.1, 0.15) is 20.1 Å². The van der Waals surface area contributed by atoms with E-state index in [0.717, 1.165) is 4.31 Å². The minimum absolute atomic E-state index is 0.107. The molecule has 0 saturated heterocycles. The highest BCUT2D eigenvalue weighted by molar-refractivity contribution is 7.89. The Balaban J connectivity index is 2.79. The second-order valence-corrected chi connectivity index (χ2v) is 8.01. The normalized spacial score (nSPS) is 13.2. The van der Waals surface area contributed by atoms with E-state index in [4.69, 9.17) is 14.2 Å². The third-order valence-electron chi connectivity index (χ3n) is 3.86. The van der Waals surface area contributed by atoms with Gasteiger partial charge in [-0.15, -0.1) is 4.31 Å². The van der Waals surface area contributed by atoms with E-state index in [9.17, 15) is 13.2 Å². The molecule has 0 bridgehead atoms. The van der Waals surface area contributed by atoms with Crippen LogP contribution in [0.4, 0.5) is 0 Å². The summed E-state index contributed by atoms with van der Waals surface area (Å²) in [5.74, 6) is -0.248. The zero-order valence-electron chi connectivity index (χ0n) is 15.4. The Kier molecular flexibility index (Phi) is 8.51. The molecule has 1 aromatic rings. The summed E-state index contributed by atoms with van der Waals surface area (Å²) >= 11 is 0. The second-order valence-electron chi connectivity index (χ2n) is 6.08. The van der Waals surface area contributed by atoms with Gasteiger partial charge in [0.25, 0.3) is 0 Å². The van der Waals surface area contributed by atoms with E-state index in [0.29, 0.717) is 5.56 Å². The molecule has 7 nitrogen and oxygen atoms in total.